The Kier molecular flexibility index (Phi) is 4.23. The predicted octanol–water partition coefficient (Wildman–Crippen LogP) is 2.42. The zero-order chi connectivity index (χ0) is 17.2. The standard InChI is InChI=1S/C18H21N5O2/c1-3-25-15-8-9-22(11-15)17-10-16(21-23-12-19-20-18(17)23)13-4-6-14(24-2)7-5-13/h4-7,10,12,15H,3,8-9,11H2,1-2H3. The Balaban J connectivity index is 1.72. The molecule has 0 radical (unpaired) electrons. The van der Waals surface area contributed by atoms with Crippen molar-refractivity contribution in [2.24, 2.45) is 0 Å². The van der Waals surface area contributed by atoms with Gasteiger partial charge in [0.1, 0.15) is 12.1 Å². The van der Waals surface area contributed by atoms with E-state index < -0.39 is 0 Å². The summed E-state index contributed by atoms with van der Waals surface area (Å²) in [5.74, 6) is 0.827. The van der Waals surface area contributed by atoms with Gasteiger partial charge in [-0.1, -0.05) is 0 Å². The highest BCUT2D eigenvalue weighted by molar-refractivity contribution is 5.74. The Bertz CT molecular complexity index is 862. The van der Waals surface area contributed by atoms with Gasteiger partial charge in [0.15, 0.2) is 0 Å². The molecule has 0 aliphatic carbocycles. The predicted molar refractivity (Wildman–Crippen MR) is 95.0 cm³/mol. The minimum atomic E-state index is 0.269. The number of rotatable bonds is 5. The van der Waals surface area contributed by atoms with Gasteiger partial charge in [0.25, 0.3) is 0 Å². The van der Waals surface area contributed by atoms with E-state index in [-0.39, 0.29) is 6.10 Å². The first kappa shape index (κ1) is 15.8. The minimum Gasteiger partial charge on any atom is -0.497 e. The molecule has 3 aromatic rings. The topological polar surface area (TPSA) is 64.8 Å². The smallest absolute Gasteiger partial charge is 0.200 e. The molecule has 130 valence electrons. The number of fused-ring (bicyclic) bond motifs is 1. The highest BCUT2D eigenvalue weighted by Gasteiger charge is 2.25. The zero-order valence-electron chi connectivity index (χ0n) is 14.4. The van der Waals surface area contributed by atoms with Crippen LogP contribution in [0.3, 0.4) is 0 Å². The molecule has 1 saturated heterocycles. The number of hydrogen-bond acceptors (Lipinski definition) is 6. The maximum atomic E-state index is 5.77. The fraction of sp³-hybridized carbons (Fsp3) is 0.389. The quantitative estimate of drug-likeness (QED) is 0.711. The van der Waals surface area contributed by atoms with Crippen LogP contribution in [0.5, 0.6) is 5.75 Å². The van der Waals surface area contributed by atoms with Gasteiger partial charge in [-0.25, -0.2) is 0 Å². The Hall–Kier alpha value is -2.67. The number of nitrogens with zero attached hydrogens (tertiary/aromatic N) is 5. The van der Waals surface area contributed by atoms with Crippen LogP contribution in [0, 0.1) is 0 Å². The summed E-state index contributed by atoms with van der Waals surface area (Å²) in [7, 11) is 1.66. The number of hydrogen-bond donors (Lipinski definition) is 0. The molecule has 7 nitrogen and oxygen atoms in total. The summed E-state index contributed by atoms with van der Waals surface area (Å²) < 4.78 is 12.7. The molecule has 1 aliphatic heterocycles. The zero-order valence-corrected chi connectivity index (χ0v) is 14.4. The SMILES string of the molecule is CCOC1CCN(c2cc(-c3ccc(OC)cc3)nn3cnnc23)C1. The molecule has 1 unspecified atom stereocenters. The lowest BCUT2D eigenvalue weighted by Gasteiger charge is -2.19. The van der Waals surface area contributed by atoms with Crippen LogP contribution in [0.1, 0.15) is 13.3 Å². The summed E-state index contributed by atoms with van der Waals surface area (Å²) in [6.07, 6.45) is 2.93. The molecule has 1 atom stereocenters. The van der Waals surface area contributed by atoms with E-state index in [0.717, 1.165) is 54.5 Å². The first-order valence-corrected chi connectivity index (χ1v) is 8.50. The average molecular weight is 339 g/mol. The number of benzene rings is 1. The molecule has 0 saturated carbocycles. The lowest BCUT2D eigenvalue weighted by Crippen LogP contribution is -2.23. The fourth-order valence-corrected chi connectivity index (χ4v) is 3.26. The molecule has 25 heavy (non-hydrogen) atoms. The normalized spacial score (nSPS) is 17.4. The molecule has 0 bridgehead atoms. The molecule has 1 aliphatic rings. The van der Waals surface area contributed by atoms with Crippen molar-refractivity contribution in [2.75, 3.05) is 31.7 Å². The van der Waals surface area contributed by atoms with Gasteiger partial charge in [-0.3, -0.25) is 0 Å². The molecule has 4 rings (SSSR count). The van der Waals surface area contributed by atoms with Crippen LogP contribution in [0.15, 0.2) is 36.7 Å². The van der Waals surface area contributed by atoms with Crippen molar-refractivity contribution >= 4 is 11.3 Å². The van der Waals surface area contributed by atoms with Crippen molar-refractivity contribution in [3.8, 4) is 17.0 Å². The van der Waals surface area contributed by atoms with E-state index in [2.05, 4.69) is 26.3 Å². The third-order valence-electron chi connectivity index (χ3n) is 4.52. The first-order chi connectivity index (χ1) is 12.3. The largest absolute Gasteiger partial charge is 0.497 e. The van der Waals surface area contributed by atoms with Gasteiger partial charge < -0.3 is 14.4 Å². The lowest BCUT2D eigenvalue weighted by molar-refractivity contribution is 0.0788. The third-order valence-corrected chi connectivity index (χ3v) is 4.52. The van der Waals surface area contributed by atoms with E-state index in [1.54, 1.807) is 18.0 Å². The second kappa shape index (κ2) is 6.68. The Morgan fingerprint density at radius 2 is 2.08 bits per heavy atom. The Labute approximate surface area is 146 Å². The third kappa shape index (κ3) is 3.02. The van der Waals surface area contributed by atoms with Crippen LogP contribution in [-0.2, 0) is 4.74 Å². The first-order valence-electron chi connectivity index (χ1n) is 8.50. The minimum absolute atomic E-state index is 0.269. The maximum Gasteiger partial charge on any atom is 0.200 e. The number of methoxy groups -OCH3 is 1. The van der Waals surface area contributed by atoms with Gasteiger partial charge in [-0.05, 0) is 43.7 Å². The van der Waals surface area contributed by atoms with Crippen LogP contribution < -0.4 is 9.64 Å². The second-order valence-corrected chi connectivity index (χ2v) is 6.05. The van der Waals surface area contributed by atoms with Crippen LogP contribution in [0.2, 0.25) is 0 Å². The van der Waals surface area contributed by atoms with Gasteiger partial charge in [-0.15, -0.1) is 10.2 Å². The van der Waals surface area contributed by atoms with E-state index in [9.17, 15) is 0 Å². The number of aromatic nitrogens is 4. The van der Waals surface area contributed by atoms with Crippen molar-refractivity contribution in [2.45, 2.75) is 19.4 Å². The Morgan fingerprint density at radius 3 is 2.84 bits per heavy atom. The highest BCUT2D eigenvalue weighted by atomic mass is 16.5. The van der Waals surface area contributed by atoms with E-state index in [1.165, 1.54) is 0 Å². The maximum absolute atomic E-state index is 5.77. The van der Waals surface area contributed by atoms with Crippen LogP contribution in [0.25, 0.3) is 16.9 Å². The Morgan fingerprint density at radius 1 is 1.24 bits per heavy atom. The van der Waals surface area contributed by atoms with Crippen molar-refractivity contribution in [1.82, 2.24) is 19.8 Å². The monoisotopic (exact) mass is 339 g/mol. The van der Waals surface area contributed by atoms with Crippen molar-refractivity contribution in [3.05, 3.63) is 36.7 Å². The summed E-state index contributed by atoms with van der Waals surface area (Å²) >= 11 is 0. The lowest BCUT2D eigenvalue weighted by atomic mass is 10.1. The molecule has 0 spiro atoms. The second-order valence-electron chi connectivity index (χ2n) is 6.05. The molecule has 1 fully saturated rings. The van der Waals surface area contributed by atoms with E-state index in [1.807, 2.05) is 31.2 Å². The van der Waals surface area contributed by atoms with Crippen LogP contribution >= 0.6 is 0 Å². The van der Waals surface area contributed by atoms with Gasteiger partial charge in [-0.2, -0.15) is 9.61 Å². The molecule has 7 heteroatoms. The van der Waals surface area contributed by atoms with Gasteiger partial charge >= 0.3 is 0 Å². The molecule has 1 aromatic carbocycles. The fourth-order valence-electron chi connectivity index (χ4n) is 3.26. The molecule has 0 amide bonds. The van der Waals surface area contributed by atoms with Gasteiger partial charge in [0.2, 0.25) is 5.65 Å². The van der Waals surface area contributed by atoms with E-state index in [0.29, 0.717) is 0 Å². The van der Waals surface area contributed by atoms with Crippen LogP contribution in [0.4, 0.5) is 5.69 Å². The van der Waals surface area contributed by atoms with Crippen molar-refractivity contribution in [1.29, 1.82) is 0 Å². The summed E-state index contributed by atoms with van der Waals surface area (Å²) in [6.45, 7) is 4.58. The van der Waals surface area contributed by atoms with Gasteiger partial charge in [0.05, 0.1) is 24.6 Å². The summed E-state index contributed by atoms with van der Waals surface area (Å²) in [5.41, 5.74) is 3.72. The summed E-state index contributed by atoms with van der Waals surface area (Å²) in [5, 5.41) is 12.9. The van der Waals surface area contributed by atoms with E-state index in [4.69, 9.17) is 9.47 Å². The van der Waals surface area contributed by atoms with Gasteiger partial charge in [0, 0.05) is 25.3 Å². The molecular weight excluding hydrogens is 318 g/mol. The molecule has 0 N–H and O–H groups in total. The van der Waals surface area contributed by atoms with Crippen molar-refractivity contribution in [3.63, 3.8) is 0 Å². The summed E-state index contributed by atoms with van der Waals surface area (Å²) in [6, 6.07) is 9.98. The highest BCUT2D eigenvalue weighted by Crippen LogP contribution is 2.29. The number of ether oxygens (including phenoxy) is 2. The average Bonchev–Trinajstić information content (AvgIpc) is 3.30. The molecule has 3 heterocycles. The summed E-state index contributed by atoms with van der Waals surface area (Å²) in [4.78, 5) is 2.30. The van der Waals surface area contributed by atoms with Crippen molar-refractivity contribution < 1.29 is 9.47 Å². The number of anilines is 1. The van der Waals surface area contributed by atoms with Crippen LogP contribution in [-0.4, -0.2) is 52.7 Å². The van der Waals surface area contributed by atoms with E-state index >= 15 is 0 Å². The molecular formula is C18H21N5O2. The molecule has 2 aromatic heterocycles.